The Balaban J connectivity index is 0.00000126. The van der Waals surface area contributed by atoms with Crippen molar-refractivity contribution in [1.29, 1.82) is 0 Å². The van der Waals surface area contributed by atoms with Crippen molar-refractivity contribution < 1.29 is 19.0 Å². The first kappa shape index (κ1) is 20.7. The van der Waals surface area contributed by atoms with Gasteiger partial charge in [-0.05, 0) is 48.5 Å². The first-order valence-electron chi connectivity index (χ1n) is 8.85. The molecule has 3 rings (SSSR count). The fourth-order valence-corrected chi connectivity index (χ4v) is 2.62. The van der Waals surface area contributed by atoms with Crippen LogP contribution in [0.15, 0.2) is 53.5 Å². The van der Waals surface area contributed by atoms with E-state index < -0.39 is 13.0 Å². The van der Waals surface area contributed by atoms with Crippen LogP contribution in [-0.2, 0) is 4.74 Å². The standard InChI is InChI=1S/C18H20FN3O3.C2H6/c1-21-18(25-12-11-19)20-17(13-3-7-15(23)8-4-13)22(21)14-5-9-16(24-2)10-6-14;1-2/h3-10,18,23H,11-12H2,1-2H3;1-2H3. The predicted octanol–water partition coefficient (Wildman–Crippen LogP) is 3.81. The molecule has 0 aromatic heterocycles. The van der Waals surface area contributed by atoms with Gasteiger partial charge in [0.25, 0.3) is 0 Å². The third-order valence-electron chi connectivity index (χ3n) is 3.86. The van der Waals surface area contributed by atoms with E-state index in [1.165, 1.54) is 0 Å². The molecule has 27 heavy (non-hydrogen) atoms. The Morgan fingerprint density at radius 2 is 1.70 bits per heavy atom. The third kappa shape index (κ3) is 4.75. The number of nitrogens with zero attached hydrogens (tertiary/aromatic N) is 3. The largest absolute Gasteiger partial charge is 0.508 e. The lowest BCUT2D eigenvalue weighted by Gasteiger charge is -2.30. The Bertz CT molecular complexity index is 735. The first-order valence-corrected chi connectivity index (χ1v) is 8.85. The zero-order valence-electron chi connectivity index (χ0n) is 16.1. The number of phenolic OH excluding ortho intramolecular Hbond substituents is 1. The third-order valence-corrected chi connectivity index (χ3v) is 3.86. The monoisotopic (exact) mass is 375 g/mol. The molecule has 1 heterocycles. The van der Waals surface area contributed by atoms with E-state index in [9.17, 15) is 9.50 Å². The van der Waals surface area contributed by atoms with Crippen LogP contribution in [0.3, 0.4) is 0 Å². The van der Waals surface area contributed by atoms with Gasteiger partial charge < -0.3 is 14.6 Å². The molecule has 1 aliphatic heterocycles. The molecule has 7 heteroatoms. The van der Waals surface area contributed by atoms with Crippen LogP contribution in [0.1, 0.15) is 19.4 Å². The Morgan fingerprint density at radius 3 is 2.26 bits per heavy atom. The number of hydrogen-bond donors (Lipinski definition) is 1. The second kappa shape index (κ2) is 9.89. The zero-order chi connectivity index (χ0) is 19.8. The van der Waals surface area contributed by atoms with E-state index in [4.69, 9.17) is 9.47 Å². The van der Waals surface area contributed by atoms with Crippen LogP contribution in [0.5, 0.6) is 11.5 Å². The van der Waals surface area contributed by atoms with E-state index in [0.717, 1.165) is 17.0 Å². The van der Waals surface area contributed by atoms with Gasteiger partial charge in [-0.3, -0.25) is 5.01 Å². The first-order chi connectivity index (χ1) is 13.1. The maximum Gasteiger partial charge on any atom is 0.226 e. The number of alkyl halides is 1. The van der Waals surface area contributed by atoms with Crippen molar-refractivity contribution >= 4 is 11.5 Å². The number of hydrogen-bond acceptors (Lipinski definition) is 6. The Hall–Kier alpha value is -2.64. The van der Waals surface area contributed by atoms with Gasteiger partial charge in [0.15, 0.2) is 5.84 Å². The highest BCUT2D eigenvalue weighted by Crippen LogP contribution is 2.29. The van der Waals surface area contributed by atoms with Gasteiger partial charge in [0.1, 0.15) is 18.2 Å². The second-order valence-electron chi connectivity index (χ2n) is 5.47. The van der Waals surface area contributed by atoms with E-state index in [1.807, 2.05) is 50.2 Å². The highest BCUT2D eigenvalue weighted by Gasteiger charge is 2.33. The fourth-order valence-electron chi connectivity index (χ4n) is 2.62. The number of phenols is 1. The van der Waals surface area contributed by atoms with Gasteiger partial charge in [0.2, 0.25) is 6.35 Å². The van der Waals surface area contributed by atoms with E-state index in [0.29, 0.717) is 5.84 Å². The van der Waals surface area contributed by atoms with E-state index in [2.05, 4.69) is 4.99 Å². The molecule has 0 saturated carbocycles. The van der Waals surface area contributed by atoms with Crippen molar-refractivity contribution in [2.45, 2.75) is 20.2 Å². The molecule has 0 fully saturated rings. The summed E-state index contributed by atoms with van der Waals surface area (Å²) in [7, 11) is 3.44. The van der Waals surface area contributed by atoms with Gasteiger partial charge in [-0.15, -0.1) is 0 Å². The second-order valence-corrected chi connectivity index (χ2v) is 5.47. The van der Waals surface area contributed by atoms with Gasteiger partial charge in [-0.1, -0.05) is 13.8 Å². The van der Waals surface area contributed by atoms with E-state index >= 15 is 0 Å². The minimum absolute atomic E-state index is 0.0299. The number of rotatable bonds is 6. The quantitative estimate of drug-likeness (QED) is 0.832. The summed E-state index contributed by atoms with van der Waals surface area (Å²) in [6, 6.07) is 14.3. The number of anilines is 1. The van der Waals surface area contributed by atoms with Crippen LogP contribution in [0.25, 0.3) is 0 Å². The number of hydrazine groups is 1. The SMILES string of the molecule is CC.COc1ccc(N2C(c3ccc(O)cc3)=NC(OCCF)N2C)cc1. The summed E-state index contributed by atoms with van der Waals surface area (Å²) in [5.41, 5.74) is 1.67. The van der Waals surface area contributed by atoms with Crippen LogP contribution in [-0.4, -0.2) is 49.7 Å². The lowest BCUT2D eigenvalue weighted by molar-refractivity contribution is -0.0343. The van der Waals surface area contributed by atoms with Crippen molar-refractivity contribution in [2.24, 2.45) is 4.99 Å². The minimum Gasteiger partial charge on any atom is -0.508 e. The molecule has 1 aliphatic rings. The van der Waals surface area contributed by atoms with Crippen LogP contribution in [0, 0.1) is 0 Å². The van der Waals surface area contributed by atoms with Crippen molar-refractivity contribution in [3.05, 3.63) is 54.1 Å². The highest BCUT2D eigenvalue weighted by molar-refractivity contribution is 6.10. The van der Waals surface area contributed by atoms with E-state index in [-0.39, 0.29) is 12.4 Å². The number of ether oxygens (including phenoxy) is 2. The average molecular weight is 375 g/mol. The predicted molar refractivity (Wildman–Crippen MR) is 105 cm³/mol. The van der Waals surface area contributed by atoms with Crippen molar-refractivity contribution in [3.63, 3.8) is 0 Å². The number of benzene rings is 2. The lowest BCUT2D eigenvalue weighted by atomic mass is 10.2. The molecular formula is C20H26FN3O3. The van der Waals surface area contributed by atoms with Gasteiger partial charge in [0, 0.05) is 12.6 Å². The summed E-state index contributed by atoms with van der Waals surface area (Å²) in [6.07, 6.45) is -0.623. The summed E-state index contributed by atoms with van der Waals surface area (Å²) in [6.45, 7) is 3.40. The maximum absolute atomic E-state index is 12.5. The maximum atomic E-state index is 12.5. The molecular weight excluding hydrogens is 349 g/mol. The molecule has 0 saturated heterocycles. The molecule has 1 unspecified atom stereocenters. The summed E-state index contributed by atoms with van der Waals surface area (Å²) < 4.78 is 23.2. The van der Waals surface area contributed by atoms with E-state index in [1.54, 1.807) is 36.4 Å². The fraction of sp³-hybridized carbons (Fsp3) is 0.350. The molecule has 0 radical (unpaired) electrons. The summed E-state index contributed by atoms with van der Waals surface area (Å²) in [4.78, 5) is 4.57. The Labute approximate surface area is 159 Å². The van der Waals surface area contributed by atoms with Gasteiger partial charge in [-0.2, -0.15) is 5.01 Å². The Morgan fingerprint density at radius 1 is 1.07 bits per heavy atom. The number of amidine groups is 1. The molecule has 146 valence electrons. The lowest BCUT2D eigenvalue weighted by Crippen LogP contribution is -2.43. The smallest absolute Gasteiger partial charge is 0.226 e. The van der Waals surface area contributed by atoms with Crippen molar-refractivity contribution in [1.82, 2.24) is 5.01 Å². The molecule has 6 nitrogen and oxygen atoms in total. The number of aromatic hydroxyl groups is 1. The van der Waals surface area contributed by atoms with Crippen molar-refractivity contribution in [3.8, 4) is 11.5 Å². The van der Waals surface area contributed by atoms with Crippen LogP contribution in [0.2, 0.25) is 0 Å². The molecule has 0 aliphatic carbocycles. The van der Waals surface area contributed by atoms with Crippen LogP contribution in [0.4, 0.5) is 10.1 Å². The van der Waals surface area contributed by atoms with Crippen LogP contribution >= 0.6 is 0 Å². The Kier molecular flexibility index (Phi) is 7.57. The zero-order valence-corrected chi connectivity index (χ0v) is 16.1. The molecule has 0 spiro atoms. The van der Waals surface area contributed by atoms with Gasteiger partial charge in [0.05, 0.1) is 19.4 Å². The molecule has 1 atom stereocenters. The number of methoxy groups -OCH3 is 1. The molecule has 1 N–H and O–H groups in total. The minimum atomic E-state index is -0.623. The topological polar surface area (TPSA) is 57.5 Å². The summed E-state index contributed by atoms with van der Waals surface area (Å²) in [5.74, 6) is 1.58. The average Bonchev–Trinajstić information content (AvgIpc) is 3.04. The van der Waals surface area contributed by atoms with Crippen LogP contribution < -0.4 is 9.75 Å². The molecule has 2 aromatic rings. The molecule has 0 bridgehead atoms. The number of halogens is 1. The van der Waals surface area contributed by atoms with Gasteiger partial charge >= 0.3 is 0 Å². The highest BCUT2D eigenvalue weighted by atomic mass is 19.1. The van der Waals surface area contributed by atoms with Gasteiger partial charge in [-0.25, -0.2) is 9.38 Å². The number of aliphatic imine (C=N–C) groups is 1. The normalized spacial score (nSPS) is 16.6. The summed E-state index contributed by atoms with van der Waals surface area (Å²) >= 11 is 0. The molecule has 0 amide bonds. The molecule has 2 aromatic carbocycles. The summed E-state index contributed by atoms with van der Waals surface area (Å²) in [5, 5.41) is 13.2. The van der Waals surface area contributed by atoms with Crippen molar-refractivity contribution in [2.75, 3.05) is 32.4 Å².